The summed E-state index contributed by atoms with van der Waals surface area (Å²) in [7, 11) is 0. The largest absolute Gasteiger partial charge is 0.416 e. The molecular formula is C19H16F3N3OS2. The first-order chi connectivity index (χ1) is 13.4. The molecule has 0 atom stereocenters. The summed E-state index contributed by atoms with van der Waals surface area (Å²) in [5, 5.41) is 2.61. The summed E-state index contributed by atoms with van der Waals surface area (Å²) in [6.45, 7) is 2.33. The lowest BCUT2D eigenvalue weighted by atomic mass is 10.1. The monoisotopic (exact) mass is 423 g/mol. The number of alkyl halides is 3. The number of anilines is 1. The molecule has 146 valence electrons. The zero-order valence-electron chi connectivity index (χ0n) is 14.6. The number of hydrogen-bond acceptors (Lipinski definition) is 5. The number of thioether (sulfide) groups is 1. The van der Waals surface area contributed by atoms with Gasteiger partial charge in [-0.3, -0.25) is 4.79 Å². The molecule has 0 saturated carbocycles. The van der Waals surface area contributed by atoms with E-state index in [0.717, 1.165) is 10.9 Å². The van der Waals surface area contributed by atoms with Crippen LogP contribution >= 0.6 is 23.1 Å². The van der Waals surface area contributed by atoms with Crippen LogP contribution in [0.3, 0.4) is 0 Å². The van der Waals surface area contributed by atoms with Gasteiger partial charge in [-0.1, -0.05) is 12.1 Å². The van der Waals surface area contributed by atoms with E-state index in [1.165, 1.54) is 23.9 Å². The lowest BCUT2D eigenvalue weighted by Crippen LogP contribution is -2.47. The number of benzene rings is 1. The molecule has 1 aromatic heterocycles. The van der Waals surface area contributed by atoms with Crippen molar-refractivity contribution >= 4 is 45.9 Å². The number of thiophene rings is 1. The van der Waals surface area contributed by atoms with Gasteiger partial charge >= 0.3 is 6.18 Å². The number of rotatable bonds is 2. The van der Waals surface area contributed by atoms with Crippen LogP contribution in [0.4, 0.5) is 18.9 Å². The van der Waals surface area contributed by atoms with Gasteiger partial charge in [-0.05, 0) is 47.5 Å². The van der Waals surface area contributed by atoms with Crippen molar-refractivity contribution in [1.82, 2.24) is 4.90 Å². The number of carbonyl (C=O) groups excluding carboxylic acids is 1. The highest BCUT2D eigenvalue weighted by Gasteiger charge is 2.32. The Morgan fingerprint density at radius 3 is 2.46 bits per heavy atom. The van der Waals surface area contributed by atoms with E-state index in [1.54, 1.807) is 17.4 Å². The second-order valence-corrected chi connectivity index (χ2v) is 8.34. The standard InChI is InChI=1S/C19H16F3N3OS2/c20-19(21,22)13-3-1-4-14(11-13)24-6-8-25(9-7-24)18-23-17(26)16(28-18)12-15-5-2-10-27-15/h1-5,10-12H,6-9H2/b16-12-. The van der Waals surface area contributed by atoms with E-state index >= 15 is 0 Å². The molecule has 0 bridgehead atoms. The predicted molar refractivity (Wildman–Crippen MR) is 108 cm³/mol. The van der Waals surface area contributed by atoms with Crippen LogP contribution in [0, 0.1) is 0 Å². The van der Waals surface area contributed by atoms with Gasteiger partial charge in [-0.2, -0.15) is 18.2 Å². The maximum Gasteiger partial charge on any atom is 0.416 e. The minimum atomic E-state index is -4.35. The van der Waals surface area contributed by atoms with Crippen molar-refractivity contribution < 1.29 is 18.0 Å². The number of piperazine rings is 1. The van der Waals surface area contributed by atoms with Gasteiger partial charge in [0.2, 0.25) is 0 Å². The van der Waals surface area contributed by atoms with Crippen LogP contribution in [-0.4, -0.2) is 42.2 Å². The molecule has 0 N–H and O–H groups in total. The number of aliphatic imine (C=N–C) groups is 1. The highest BCUT2D eigenvalue weighted by molar-refractivity contribution is 8.18. The third kappa shape index (κ3) is 4.10. The van der Waals surface area contributed by atoms with Gasteiger partial charge in [0.1, 0.15) is 0 Å². The Labute approximate surface area is 168 Å². The third-order valence-electron chi connectivity index (χ3n) is 4.51. The van der Waals surface area contributed by atoms with E-state index in [-0.39, 0.29) is 5.91 Å². The van der Waals surface area contributed by atoms with Gasteiger partial charge < -0.3 is 9.80 Å². The highest BCUT2D eigenvalue weighted by Crippen LogP contribution is 2.33. The van der Waals surface area contributed by atoms with Crippen LogP contribution in [-0.2, 0) is 11.0 Å². The van der Waals surface area contributed by atoms with Crippen LogP contribution < -0.4 is 4.90 Å². The topological polar surface area (TPSA) is 35.9 Å². The molecule has 2 aliphatic heterocycles. The molecule has 0 unspecified atom stereocenters. The molecule has 0 radical (unpaired) electrons. The van der Waals surface area contributed by atoms with Crippen LogP contribution in [0.25, 0.3) is 6.08 Å². The average molecular weight is 423 g/mol. The molecule has 0 aliphatic carbocycles. The number of halogens is 3. The van der Waals surface area contributed by atoms with Crippen molar-refractivity contribution in [3.8, 4) is 0 Å². The fourth-order valence-corrected chi connectivity index (χ4v) is 4.76. The van der Waals surface area contributed by atoms with Crippen LogP contribution in [0.1, 0.15) is 10.4 Å². The van der Waals surface area contributed by atoms with Gasteiger partial charge in [-0.15, -0.1) is 11.3 Å². The molecule has 2 aliphatic rings. The van der Waals surface area contributed by atoms with Crippen LogP contribution in [0.5, 0.6) is 0 Å². The Morgan fingerprint density at radius 2 is 1.79 bits per heavy atom. The number of carbonyl (C=O) groups is 1. The quantitative estimate of drug-likeness (QED) is 0.664. The van der Waals surface area contributed by atoms with Gasteiger partial charge in [0.05, 0.1) is 10.5 Å². The lowest BCUT2D eigenvalue weighted by molar-refractivity contribution is -0.137. The van der Waals surface area contributed by atoms with E-state index in [0.29, 0.717) is 41.9 Å². The van der Waals surface area contributed by atoms with Crippen LogP contribution in [0.15, 0.2) is 51.7 Å². The van der Waals surface area contributed by atoms with Gasteiger partial charge in [-0.25, -0.2) is 0 Å². The summed E-state index contributed by atoms with van der Waals surface area (Å²) >= 11 is 2.91. The van der Waals surface area contributed by atoms with Crippen molar-refractivity contribution in [3.05, 3.63) is 57.1 Å². The Morgan fingerprint density at radius 1 is 1.04 bits per heavy atom. The van der Waals surface area contributed by atoms with Crippen molar-refractivity contribution in [2.24, 2.45) is 4.99 Å². The second kappa shape index (κ2) is 7.63. The Bertz CT molecular complexity index is 930. The zero-order valence-corrected chi connectivity index (χ0v) is 16.3. The Kier molecular flexibility index (Phi) is 5.20. The van der Waals surface area contributed by atoms with E-state index in [1.807, 2.05) is 33.4 Å². The molecule has 1 saturated heterocycles. The first kappa shape index (κ1) is 19.1. The van der Waals surface area contributed by atoms with Crippen molar-refractivity contribution in [3.63, 3.8) is 0 Å². The molecule has 1 amide bonds. The van der Waals surface area contributed by atoms with Crippen molar-refractivity contribution in [1.29, 1.82) is 0 Å². The fraction of sp³-hybridized carbons (Fsp3) is 0.263. The molecule has 4 rings (SSSR count). The maximum atomic E-state index is 12.9. The number of amidine groups is 1. The van der Waals surface area contributed by atoms with E-state index in [9.17, 15) is 18.0 Å². The first-order valence-electron chi connectivity index (χ1n) is 8.63. The highest BCUT2D eigenvalue weighted by atomic mass is 32.2. The third-order valence-corrected chi connectivity index (χ3v) is 6.38. The van der Waals surface area contributed by atoms with Crippen molar-refractivity contribution in [2.75, 3.05) is 31.1 Å². The van der Waals surface area contributed by atoms with Crippen molar-refractivity contribution in [2.45, 2.75) is 6.18 Å². The fourth-order valence-electron chi connectivity index (χ4n) is 3.07. The molecule has 1 aromatic carbocycles. The van der Waals surface area contributed by atoms with E-state index < -0.39 is 11.7 Å². The summed E-state index contributed by atoms with van der Waals surface area (Å²) in [5.41, 5.74) is -0.0815. The minimum Gasteiger partial charge on any atom is -0.368 e. The zero-order chi connectivity index (χ0) is 19.7. The summed E-state index contributed by atoms with van der Waals surface area (Å²) in [6, 6.07) is 9.26. The predicted octanol–water partition coefficient (Wildman–Crippen LogP) is 4.56. The second-order valence-electron chi connectivity index (χ2n) is 6.35. The molecule has 28 heavy (non-hydrogen) atoms. The lowest BCUT2D eigenvalue weighted by Gasteiger charge is -2.36. The normalized spacial score (nSPS) is 19.5. The summed E-state index contributed by atoms with van der Waals surface area (Å²) in [4.78, 5) is 21.8. The van der Waals surface area contributed by atoms with Gasteiger partial charge in [0.25, 0.3) is 5.91 Å². The van der Waals surface area contributed by atoms with Crippen LogP contribution in [0.2, 0.25) is 0 Å². The molecule has 1 fully saturated rings. The number of amides is 1. The minimum absolute atomic E-state index is 0.242. The molecule has 9 heteroatoms. The van der Waals surface area contributed by atoms with Gasteiger partial charge in [0, 0.05) is 36.7 Å². The molecule has 3 heterocycles. The average Bonchev–Trinajstić information content (AvgIpc) is 3.32. The van der Waals surface area contributed by atoms with E-state index in [2.05, 4.69) is 4.99 Å². The first-order valence-corrected chi connectivity index (χ1v) is 10.3. The van der Waals surface area contributed by atoms with Gasteiger partial charge in [0.15, 0.2) is 5.17 Å². The number of hydrogen-bond donors (Lipinski definition) is 0. The number of nitrogens with zero attached hydrogens (tertiary/aromatic N) is 3. The van der Waals surface area contributed by atoms with E-state index in [4.69, 9.17) is 0 Å². The molecule has 2 aromatic rings. The smallest absolute Gasteiger partial charge is 0.368 e. The molecular weight excluding hydrogens is 407 g/mol. The SMILES string of the molecule is O=C1N=C(N2CCN(c3cccc(C(F)(F)F)c3)CC2)S/C1=C\c1cccs1. The summed E-state index contributed by atoms with van der Waals surface area (Å²) in [5.74, 6) is -0.242. The Hall–Kier alpha value is -2.26. The summed E-state index contributed by atoms with van der Waals surface area (Å²) in [6.07, 6.45) is -2.51. The molecule has 4 nitrogen and oxygen atoms in total. The molecule has 0 spiro atoms. The Balaban J connectivity index is 1.40. The maximum absolute atomic E-state index is 12.9. The summed E-state index contributed by atoms with van der Waals surface area (Å²) < 4.78 is 38.8.